The fraction of sp³-hybridized carbons (Fsp3) is 0.333. The highest BCUT2D eigenvalue weighted by molar-refractivity contribution is 9.09. The van der Waals surface area contributed by atoms with E-state index in [-0.39, 0.29) is 10.4 Å². The van der Waals surface area contributed by atoms with Crippen molar-refractivity contribution in [3.05, 3.63) is 34.6 Å². The molecule has 0 saturated heterocycles. The molecule has 1 unspecified atom stereocenters. The molecule has 0 nitrogen and oxygen atoms in total. The first-order chi connectivity index (χ1) is 6.11. The number of rotatable bonds is 0. The Hall–Kier alpha value is -0.510. The summed E-state index contributed by atoms with van der Waals surface area (Å²) in [6.45, 7) is 0. The lowest BCUT2D eigenvalue weighted by Gasteiger charge is -2.06. The molecule has 13 heavy (non-hydrogen) atoms. The van der Waals surface area contributed by atoms with E-state index in [4.69, 9.17) is 0 Å². The molecule has 1 aromatic rings. The Kier molecular flexibility index (Phi) is 2.10. The molecule has 0 spiro atoms. The maximum absolute atomic E-state index is 13.2. The van der Waals surface area contributed by atoms with Crippen LogP contribution in [-0.2, 0) is 6.42 Å². The Morgan fingerprint density at radius 3 is 2.62 bits per heavy atom. The SMILES string of the molecule is Fc1cc(F)c2c(c1F)C(Br)CC2. The Morgan fingerprint density at radius 1 is 1.23 bits per heavy atom. The molecule has 2 rings (SSSR count). The molecule has 0 N–H and O–H groups in total. The molecule has 1 aliphatic rings. The highest BCUT2D eigenvalue weighted by Gasteiger charge is 2.28. The van der Waals surface area contributed by atoms with Gasteiger partial charge in [0.25, 0.3) is 0 Å². The molecule has 4 heteroatoms. The van der Waals surface area contributed by atoms with Gasteiger partial charge in [-0.2, -0.15) is 0 Å². The van der Waals surface area contributed by atoms with Gasteiger partial charge in [0.2, 0.25) is 0 Å². The van der Waals surface area contributed by atoms with E-state index in [2.05, 4.69) is 15.9 Å². The van der Waals surface area contributed by atoms with Gasteiger partial charge in [0.1, 0.15) is 5.82 Å². The van der Waals surface area contributed by atoms with Crippen LogP contribution in [0.5, 0.6) is 0 Å². The summed E-state index contributed by atoms with van der Waals surface area (Å²) < 4.78 is 39.0. The Morgan fingerprint density at radius 2 is 1.92 bits per heavy atom. The fourth-order valence-electron chi connectivity index (χ4n) is 1.65. The summed E-state index contributed by atoms with van der Waals surface area (Å²) in [6.07, 6.45) is 1.08. The van der Waals surface area contributed by atoms with E-state index in [9.17, 15) is 13.2 Å². The Bertz CT molecular complexity index is 362. The van der Waals surface area contributed by atoms with Crippen molar-refractivity contribution >= 4 is 15.9 Å². The second kappa shape index (κ2) is 3.01. The second-order valence-electron chi connectivity index (χ2n) is 3.05. The van der Waals surface area contributed by atoms with Crippen LogP contribution in [0.15, 0.2) is 6.07 Å². The van der Waals surface area contributed by atoms with Crippen molar-refractivity contribution in [2.75, 3.05) is 0 Å². The Labute approximate surface area is 81.9 Å². The zero-order chi connectivity index (χ0) is 9.59. The number of hydrogen-bond donors (Lipinski definition) is 0. The second-order valence-corrected chi connectivity index (χ2v) is 4.16. The summed E-state index contributed by atoms with van der Waals surface area (Å²) in [4.78, 5) is -0.257. The molecule has 1 aromatic carbocycles. The van der Waals surface area contributed by atoms with E-state index in [1.54, 1.807) is 0 Å². The number of fused-ring (bicyclic) bond motifs is 1. The van der Waals surface area contributed by atoms with Crippen LogP contribution in [0.2, 0.25) is 0 Å². The third kappa shape index (κ3) is 1.27. The summed E-state index contributed by atoms with van der Waals surface area (Å²) in [5.74, 6) is -2.67. The molecule has 1 aliphatic carbocycles. The number of benzene rings is 1. The average Bonchev–Trinajstić information content (AvgIpc) is 2.44. The van der Waals surface area contributed by atoms with E-state index in [0.717, 1.165) is 0 Å². The minimum Gasteiger partial charge on any atom is -0.207 e. The largest absolute Gasteiger partial charge is 0.207 e. The first kappa shape index (κ1) is 9.06. The molecule has 0 bridgehead atoms. The number of alkyl halides is 1. The maximum Gasteiger partial charge on any atom is 0.163 e. The first-order valence-corrected chi connectivity index (χ1v) is 4.83. The van der Waals surface area contributed by atoms with E-state index in [0.29, 0.717) is 24.5 Å². The van der Waals surface area contributed by atoms with Crippen molar-refractivity contribution in [1.29, 1.82) is 0 Å². The van der Waals surface area contributed by atoms with Crippen molar-refractivity contribution in [3.63, 3.8) is 0 Å². The molecular weight excluding hydrogens is 245 g/mol. The van der Waals surface area contributed by atoms with Crippen molar-refractivity contribution in [2.24, 2.45) is 0 Å². The van der Waals surface area contributed by atoms with Gasteiger partial charge in [-0.15, -0.1) is 0 Å². The summed E-state index contributed by atoms with van der Waals surface area (Å²) in [7, 11) is 0. The summed E-state index contributed by atoms with van der Waals surface area (Å²) in [6, 6.07) is 0.610. The van der Waals surface area contributed by atoms with Crippen LogP contribution in [-0.4, -0.2) is 0 Å². The van der Waals surface area contributed by atoms with Gasteiger partial charge in [0, 0.05) is 16.5 Å². The maximum atomic E-state index is 13.2. The topological polar surface area (TPSA) is 0 Å². The third-order valence-electron chi connectivity index (χ3n) is 2.27. The molecule has 0 aromatic heterocycles. The molecular formula is C9H6BrF3. The zero-order valence-electron chi connectivity index (χ0n) is 6.58. The number of hydrogen-bond acceptors (Lipinski definition) is 0. The van der Waals surface area contributed by atoms with Crippen LogP contribution >= 0.6 is 15.9 Å². The highest BCUT2D eigenvalue weighted by Crippen LogP contribution is 2.40. The fourth-order valence-corrected chi connectivity index (χ4v) is 2.35. The van der Waals surface area contributed by atoms with E-state index in [1.807, 2.05) is 0 Å². The highest BCUT2D eigenvalue weighted by atomic mass is 79.9. The van der Waals surface area contributed by atoms with Crippen LogP contribution in [0.25, 0.3) is 0 Å². The van der Waals surface area contributed by atoms with E-state index >= 15 is 0 Å². The van der Waals surface area contributed by atoms with E-state index < -0.39 is 17.5 Å². The van der Waals surface area contributed by atoms with Gasteiger partial charge < -0.3 is 0 Å². The normalized spacial score (nSPS) is 20.5. The van der Waals surface area contributed by atoms with Crippen molar-refractivity contribution in [3.8, 4) is 0 Å². The van der Waals surface area contributed by atoms with Crippen LogP contribution in [0.1, 0.15) is 22.4 Å². The molecule has 1 atom stereocenters. The van der Waals surface area contributed by atoms with Crippen LogP contribution in [0, 0.1) is 17.5 Å². The molecule has 0 fully saturated rings. The molecule has 0 radical (unpaired) electrons. The van der Waals surface area contributed by atoms with Gasteiger partial charge in [-0.25, -0.2) is 13.2 Å². The lowest BCUT2D eigenvalue weighted by Crippen LogP contribution is -1.98. The van der Waals surface area contributed by atoms with Gasteiger partial charge in [-0.1, -0.05) is 15.9 Å². The van der Waals surface area contributed by atoms with Crippen molar-refractivity contribution < 1.29 is 13.2 Å². The average molecular weight is 251 g/mol. The summed E-state index contributed by atoms with van der Waals surface area (Å²) >= 11 is 3.18. The number of halogens is 4. The quantitative estimate of drug-likeness (QED) is 0.489. The molecule has 70 valence electrons. The monoisotopic (exact) mass is 250 g/mol. The summed E-state index contributed by atoms with van der Waals surface area (Å²) in [5, 5.41) is 0. The lowest BCUT2D eigenvalue weighted by molar-refractivity contribution is 0.485. The first-order valence-electron chi connectivity index (χ1n) is 3.91. The lowest BCUT2D eigenvalue weighted by atomic mass is 10.1. The van der Waals surface area contributed by atoms with Gasteiger partial charge in [0.05, 0.1) is 0 Å². The predicted octanol–water partition coefficient (Wildman–Crippen LogP) is 3.49. The third-order valence-corrected chi connectivity index (χ3v) is 3.19. The van der Waals surface area contributed by atoms with Gasteiger partial charge >= 0.3 is 0 Å². The van der Waals surface area contributed by atoms with Crippen LogP contribution in [0.3, 0.4) is 0 Å². The van der Waals surface area contributed by atoms with Crippen molar-refractivity contribution in [2.45, 2.75) is 17.7 Å². The van der Waals surface area contributed by atoms with Gasteiger partial charge in [-0.05, 0) is 18.4 Å². The van der Waals surface area contributed by atoms with Crippen molar-refractivity contribution in [1.82, 2.24) is 0 Å². The molecule has 0 amide bonds. The minimum atomic E-state index is -1.11. The molecule has 0 aliphatic heterocycles. The smallest absolute Gasteiger partial charge is 0.163 e. The standard InChI is InChI=1S/C9H6BrF3/c10-5-2-1-4-6(11)3-7(12)9(13)8(4)5/h3,5H,1-2H2. The minimum absolute atomic E-state index is 0.150. The van der Waals surface area contributed by atoms with E-state index in [1.165, 1.54) is 0 Å². The van der Waals surface area contributed by atoms with Crippen LogP contribution in [0.4, 0.5) is 13.2 Å². The molecule has 0 heterocycles. The zero-order valence-corrected chi connectivity index (χ0v) is 8.17. The van der Waals surface area contributed by atoms with Gasteiger partial charge in [-0.3, -0.25) is 0 Å². The van der Waals surface area contributed by atoms with Gasteiger partial charge in [0.15, 0.2) is 11.6 Å². The van der Waals surface area contributed by atoms with Crippen LogP contribution < -0.4 is 0 Å². The molecule has 0 saturated carbocycles. The summed E-state index contributed by atoms with van der Waals surface area (Å²) in [5.41, 5.74) is 0.457. The predicted molar refractivity (Wildman–Crippen MR) is 46.3 cm³/mol. The Balaban J connectivity index is 2.70.